The van der Waals surface area contributed by atoms with E-state index >= 15 is 0 Å². The highest BCUT2D eigenvalue weighted by Crippen LogP contribution is 2.36. The van der Waals surface area contributed by atoms with Gasteiger partial charge >= 0.3 is 0 Å². The van der Waals surface area contributed by atoms with Crippen molar-refractivity contribution in [3.05, 3.63) is 51.2 Å². The zero-order valence-corrected chi connectivity index (χ0v) is 11.4. The quantitative estimate of drug-likeness (QED) is 0.860. The number of nitrogens with zero attached hydrogens (tertiary/aromatic N) is 1. The van der Waals surface area contributed by atoms with Crippen LogP contribution in [0.2, 0.25) is 15.1 Å². The van der Waals surface area contributed by atoms with Crippen LogP contribution in [0.4, 0.5) is 0 Å². The van der Waals surface area contributed by atoms with E-state index in [4.69, 9.17) is 45.3 Å². The average Bonchev–Trinajstić information content (AvgIpc) is 2.36. The van der Waals surface area contributed by atoms with E-state index in [9.17, 15) is 0 Å². The molecule has 0 aliphatic heterocycles. The molecule has 0 spiro atoms. The molecule has 0 fully saturated rings. The Labute approximate surface area is 119 Å². The van der Waals surface area contributed by atoms with E-state index in [0.717, 1.165) is 5.56 Å². The maximum absolute atomic E-state index is 6.03. The Balaban J connectivity index is 2.37. The molecule has 1 aromatic carbocycles. The Bertz CT molecular complexity index is 575. The van der Waals surface area contributed by atoms with Crippen LogP contribution in [0.5, 0.6) is 11.5 Å². The van der Waals surface area contributed by atoms with Crippen molar-refractivity contribution in [2.75, 3.05) is 0 Å². The summed E-state index contributed by atoms with van der Waals surface area (Å²) in [5, 5.41) is 1.13. The first kappa shape index (κ1) is 13.4. The maximum atomic E-state index is 6.03. The number of aromatic nitrogens is 1. The molecule has 94 valence electrons. The predicted octanol–water partition coefficient (Wildman–Crippen LogP) is 4.29. The second-order valence-electron chi connectivity index (χ2n) is 3.49. The number of ether oxygens (including phenoxy) is 1. The molecule has 0 atom stereocenters. The average molecular weight is 304 g/mol. The summed E-state index contributed by atoms with van der Waals surface area (Å²) in [7, 11) is 0. The highest BCUT2D eigenvalue weighted by molar-refractivity contribution is 6.43. The smallest absolute Gasteiger partial charge is 0.147 e. The van der Waals surface area contributed by atoms with Gasteiger partial charge in [-0.15, -0.1) is 0 Å². The lowest BCUT2D eigenvalue weighted by Gasteiger charge is -2.11. The molecule has 0 saturated heterocycles. The molecule has 18 heavy (non-hydrogen) atoms. The van der Waals surface area contributed by atoms with Gasteiger partial charge in [0.25, 0.3) is 0 Å². The van der Waals surface area contributed by atoms with E-state index in [1.54, 1.807) is 24.5 Å². The third-order valence-corrected chi connectivity index (χ3v) is 3.29. The maximum Gasteiger partial charge on any atom is 0.147 e. The zero-order valence-electron chi connectivity index (χ0n) is 9.16. The predicted molar refractivity (Wildman–Crippen MR) is 73.7 cm³/mol. The second kappa shape index (κ2) is 5.76. The molecule has 0 unspecified atom stereocenters. The van der Waals surface area contributed by atoms with Gasteiger partial charge in [0.05, 0.1) is 15.1 Å². The SMILES string of the molecule is NCc1cnccc1Oc1cc(Cl)c(Cl)cc1Cl. The minimum atomic E-state index is 0.322. The van der Waals surface area contributed by atoms with Gasteiger partial charge in [-0.2, -0.15) is 0 Å². The number of hydrogen-bond donors (Lipinski definition) is 1. The zero-order chi connectivity index (χ0) is 13.1. The van der Waals surface area contributed by atoms with Gasteiger partial charge in [0, 0.05) is 30.6 Å². The third-order valence-electron chi connectivity index (χ3n) is 2.27. The van der Waals surface area contributed by atoms with Crippen LogP contribution < -0.4 is 10.5 Å². The fourth-order valence-corrected chi connectivity index (χ4v) is 1.94. The Kier molecular flexibility index (Phi) is 4.30. The van der Waals surface area contributed by atoms with Crippen molar-refractivity contribution < 1.29 is 4.74 Å². The minimum Gasteiger partial charge on any atom is -0.455 e. The lowest BCUT2D eigenvalue weighted by molar-refractivity contribution is 0.476. The minimum absolute atomic E-state index is 0.322. The molecule has 0 aliphatic carbocycles. The highest BCUT2D eigenvalue weighted by Gasteiger charge is 2.10. The van der Waals surface area contributed by atoms with Gasteiger partial charge in [-0.3, -0.25) is 4.98 Å². The summed E-state index contributed by atoms with van der Waals surface area (Å²) in [5.41, 5.74) is 6.37. The lowest BCUT2D eigenvalue weighted by atomic mass is 10.2. The molecule has 0 bridgehead atoms. The van der Waals surface area contributed by atoms with E-state index in [1.165, 1.54) is 6.07 Å². The first-order chi connectivity index (χ1) is 8.61. The molecular weight excluding hydrogens is 295 g/mol. The van der Waals surface area contributed by atoms with Gasteiger partial charge in [0.15, 0.2) is 0 Å². The van der Waals surface area contributed by atoms with Crippen LogP contribution in [0.25, 0.3) is 0 Å². The Morgan fingerprint density at radius 3 is 2.50 bits per heavy atom. The normalized spacial score (nSPS) is 10.4. The summed E-state index contributed by atoms with van der Waals surface area (Å²) in [4.78, 5) is 3.97. The van der Waals surface area contributed by atoms with Crippen LogP contribution in [0.15, 0.2) is 30.6 Å². The second-order valence-corrected chi connectivity index (χ2v) is 4.71. The van der Waals surface area contributed by atoms with Crippen LogP contribution >= 0.6 is 34.8 Å². The van der Waals surface area contributed by atoms with Gasteiger partial charge in [0.1, 0.15) is 11.5 Å². The van der Waals surface area contributed by atoms with E-state index in [2.05, 4.69) is 4.98 Å². The number of pyridine rings is 1. The number of hydrogen-bond acceptors (Lipinski definition) is 3. The molecule has 2 rings (SSSR count). The summed E-state index contributed by atoms with van der Waals surface area (Å²) < 4.78 is 5.67. The van der Waals surface area contributed by atoms with Crippen LogP contribution in [0, 0.1) is 0 Å². The largest absolute Gasteiger partial charge is 0.455 e. The van der Waals surface area contributed by atoms with Crippen molar-refractivity contribution in [2.24, 2.45) is 5.73 Å². The number of benzene rings is 1. The van der Waals surface area contributed by atoms with E-state index in [0.29, 0.717) is 33.1 Å². The monoisotopic (exact) mass is 302 g/mol. The first-order valence-corrected chi connectivity index (χ1v) is 6.20. The molecule has 0 radical (unpaired) electrons. The van der Waals surface area contributed by atoms with E-state index in [-0.39, 0.29) is 0 Å². The summed E-state index contributed by atoms with van der Waals surface area (Å²) >= 11 is 17.8. The molecule has 1 heterocycles. The molecule has 6 heteroatoms. The highest BCUT2D eigenvalue weighted by atomic mass is 35.5. The first-order valence-electron chi connectivity index (χ1n) is 5.07. The Morgan fingerprint density at radius 1 is 1.06 bits per heavy atom. The van der Waals surface area contributed by atoms with Gasteiger partial charge < -0.3 is 10.5 Å². The standard InChI is InChI=1S/C12H9Cl3N2O/c13-8-3-10(15)12(4-9(8)14)18-11-1-2-17-6-7(11)5-16/h1-4,6H,5,16H2. The molecule has 0 saturated carbocycles. The van der Waals surface area contributed by atoms with Crippen molar-refractivity contribution in [2.45, 2.75) is 6.54 Å². The summed E-state index contributed by atoms with van der Waals surface area (Å²) in [5.74, 6) is 1.01. The Morgan fingerprint density at radius 2 is 1.78 bits per heavy atom. The fraction of sp³-hybridized carbons (Fsp3) is 0.0833. The molecule has 2 N–H and O–H groups in total. The molecular formula is C12H9Cl3N2O. The lowest BCUT2D eigenvalue weighted by Crippen LogP contribution is -2.00. The topological polar surface area (TPSA) is 48.1 Å². The summed E-state index contributed by atoms with van der Waals surface area (Å²) in [6.45, 7) is 0.322. The third kappa shape index (κ3) is 2.87. The number of nitrogens with two attached hydrogens (primary N) is 1. The molecule has 3 nitrogen and oxygen atoms in total. The van der Waals surface area contributed by atoms with Gasteiger partial charge in [0.2, 0.25) is 0 Å². The van der Waals surface area contributed by atoms with Crippen LogP contribution in [-0.2, 0) is 6.54 Å². The van der Waals surface area contributed by atoms with Crippen molar-refractivity contribution >= 4 is 34.8 Å². The number of halogens is 3. The fourth-order valence-electron chi connectivity index (χ4n) is 1.37. The van der Waals surface area contributed by atoms with Gasteiger partial charge in [-0.1, -0.05) is 34.8 Å². The summed E-state index contributed by atoms with van der Waals surface area (Å²) in [6, 6.07) is 4.80. The molecule has 2 aromatic rings. The van der Waals surface area contributed by atoms with Crippen LogP contribution in [0.1, 0.15) is 5.56 Å². The van der Waals surface area contributed by atoms with E-state index < -0.39 is 0 Å². The van der Waals surface area contributed by atoms with E-state index in [1.807, 2.05) is 0 Å². The molecule has 0 aliphatic rings. The number of rotatable bonds is 3. The summed E-state index contributed by atoms with van der Waals surface area (Å²) in [6.07, 6.45) is 3.25. The van der Waals surface area contributed by atoms with Gasteiger partial charge in [-0.05, 0) is 12.1 Å². The van der Waals surface area contributed by atoms with Crippen molar-refractivity contribution in [1.29, 1.82) is 0 Å². The van der Waals surface area contributed by atoms with Crippen molar-refractivity contribution in [3.63, 3.8) is 0 Å². The van der Waals surface area contributed by atoms with Crippen molar-refractivity contribution in [3.8, 4) is 11.5 Å². The van der Waals surface area contributed by atoms with Gasteiger partial charge in [-0.25, -0.2) is 0 Å². The molecule has 1 aromatic heterocycles. The van der Waals surface area contributed by atoms with Crippen LogP contribution in [-0.4, -0.2) is 4.98 Å². The van der Waals surface area contributed by atoms with Crippen molar-refractivity contribution in [1.82, 2.24) is 4.98 Å². The molecule has 0 amide bonds. The Hall–Kier alpha value is -1.000. The van der Waals surface area contributed by atoms with Crippen LogP contribution in [0.3, 0.4) is 0 Å².